The number of hydrogen-bond acceptors (Lipinski definition) is 5. The van der Waals surface area contributed by atoms with Crippen molar-refractivity contribution in [3.8, 4) is 5.75 Å². The number of anilines is 1. The summed E-state index contributed by atoms with van der Waals surface area (Å²) in [5.74, 6) is 0.0441. The number of halogens is 2. The molecule has 0 aromatic heterocycles. The zero-order valence-corrected chi connectivity index (χ0v) is 20.5. The van der Waals surface area contributed by atoms with Crippen LogP contribution in [-0.2, 0) is 16.1 Å². The summed E-state index contributed by atoms with van der Waals surface area (Å²) in [6.07, 6.45) is 0.0355. The Morgan fingerprint density at radius 2 is 1.85 bits per heavy atom. The number of amidine groups is 1. The van der Waals surface area contributed by atoms with E-state index in [4.69, 9.17) is 27.9 Å². The van der Waals surface area contributed by atoms with Crippen molar-refractivity contribution in [2.45, 2.75) is 18.2 Å². The van der Waals surface area contributed by atoms with E-state index in [2.05, 4.69) is 10.3 Å². The number of amides is 2. The number of carbonyl (C=O) groups excluding carboxylic acids is 2. The molecule has 1 fully saturated rings. The Morgan fingerprint density at radius 3 is 2.59 bits per heavy atom. The van der Waals surface area contributed by atoms with Crippen LogP contribution in [0.4, 0.5) is 11.4 Å². The van der Waals surface area contributed by atoms with Gasteiger partial charge in [-0.15, -0.1) is 0 Å². The average molecular weight is 514 g/mol. The largest absolute Gasteiger partial charge is 0.495 e. The number of rotatable bonds is 6. The molecule has 1 unspecified atom stereocenters. The number of hydrogen-bond donors (Lipinski definition) is 1. The van der Waals surface area contributed by atoms with Gasteiger partial charge in [0.1, 0.15) is 11.0 Å². The molecule has 1 saturated heterocycles. The highest BCUT2D eigenvalue weighted by atomic mass is 35.5. The maximum Gasteiger partial charge on any atom is 0.238 e. The van der Waals surface area contributed by atoms with Crippen molar-refractivity contribution in [1.82, 2.24) is 4.90 Å². The molecule has 0 aliphatic carbocycles. The van der Waals surface area contributed by atoms with Crippen molar-refractivity contribution in [2.24, 2.45) is 4.99 Å². The number of benzene rings is 3. The van der Waals surface area contributed by atoms with E-state index in [1.165, 1.54) is 18.9 Å². The second-order valence-corrected chi connectivity index (χ2v) is 9.52. The second kappa shape index (κ2) is 11.0. The first-order valence-electron chi connectivity index (χ1n) is 10.4. The molecule has 4 rings (SSSR count). The molecule has 1 N–H and O–H groups in total. The number of para-hydroxylation sites is 2. The van der Waals surface area contributed by atoms with Crippen LogP contribution in [0, 0.1) is 0 Å². The van der Waals surface area contributed by atoms with Gasteiger partial charge in [0.15, 0.2) is 5.17 Å². The van der Waals surface area contributed by atoms with Crippen molar-refractivity contribution in [2.75, 3.05) is 12.4 Å². The van der Waals surface area contributed by atoms with Crippen molar-refractivity contribution >= 4 is 63.3 Å². The highest BCUT2D eigenvalue weighted by molar-refractivity contribution is 8.15. The van der Waals surface area contributed by atoms with Crippen LogP contribution in [0.15, 0.2) is 77.8 Å². The van der Waals surface area contributed by atoms with Gasteiger partial charge in [0.25, 0.3) is 0 Å². The topological polar surface area (TPSA) is 71.0 Å². The van der Waals surface area contributed by atoms with Gasteiger partial charge in [-0.05, 0) is 48.0 Å². The van der Waals surface area contributed by atoms with Crippen LogP contribution >= 0.6 is 35.0 Å². The summed E-state index contributed by atoms with van der Waals surface area (Å²) in [5.41, 5.74) is 2.03. The minimum absolute atomic E-state index is 0.0355. The van der Waals surface area contributed by atoms with E-state index in [1.807, 2.05) is 18.2 Å². The minimum atomic E-state index is -0.656. The molecule has 174 valence electrons. The quantitative estimate of drug-likeness (QED) is 0.428. The first-order valence-corrected chi connectivity index (χ1v) is 12.1. The van der Waals surface area contributed by atoms with Gasteiger partial charge < -0.3 is 10.1 Å². The SMILES string of the molecule is COc1ccccc1NC(=O)C1CC(=O)N(Cc2ccc(Cl)cc2)C(=Nc2cccc(Cl)c2)S1. The summed E-state index contributed by atoms with van der Waals surface area (Å²) in [4.78, 5) is 32.5. The van der Waals surface area contributed by atoms with Crippen molar-refractivity contribution in [3.05, 3.63) is 88.4 Å². The van der Waals surface area contributed by atoms with Gasteiger partial charge >= 0.3 is 0 Å². The molecular formula is C25H21Cl2N3O3S. The highest BCUT2D eigenvalue weighted by Gasteiger charge is 2.36. The summed E-state index contributed by atoms with van der Waals surface area (Å²) in [6, 6.07) is 21.4. The van der Waals surface area contributed by atoms with E-state index in [-0.39, 0.29) is 18.2 Å². The van der Waals surface area contributed by atoms with Gasteiger partial charge in [-0.1, -0.05) is 65.3 Å². The fourth-order valence-electron chi connectivity index (χ4n) is 3.39. The normalized spacial score (nSPS) is 17.0. The Morgan fingerprint density at radius 1 is 1.09 bits per heavy atom. The first-order chi connectivity index (χ1) is 16.4. The lowest BCUT2D eigenvalue weighted by Crippen LogP contribution is -2.44. The smallest absolute Gasteiger partial charge is 0.238 e. The number of carbonyl (C=O) groups is 2. The first kappa shape index (κ1) is 24.1. The van der Waals surface area contributed by atoms with E-state index in [0.717, 1.165) is 5.56 Å². The number of aliphatic imine (C=N–C) groups is 1. The van der Waals surface area contributed by atoms with Crippen molar-refractivity contribution in [3.63, 3.8) is 0 Å². The van der Waals surface area contributed by atoms with Gasteiger partial charge in [-0.3, -0.25) is 14.5 Å². The molecule has 0 saturated carbocycles. The summed E-state index contributed by atoms with van der Waals surface area (Å²) in [6.45, 7) is 0.309. The second-order valence-electron chi connectivity index (χ2n) is 7.48. The lowest BCUT2D eigenvalue weighted by Gasteiger charge is -2.32. The van der Waals surface area contributed by atoms with Crippen molar-refractivity contribution in [1.29, 1.82) is 0 Å². The summed E-state index contributed by atoms with van der Waals surface area (Å²) in [5, 5.41) is 3.78. The van der Waals surface area contributed by atoms with E-state index < -0.39 is 5.25 Å². The fourth-order valence-corrected chi connectivity index (χ4v) is 4.79. The van der Waals surface area contributed by atoms with E-state index >= 15 is 0 Å². The molecule has 2 amide bonds. The Kier molecular flexibility index (Phi) is 7.77. The van der Waals surface area contributed by atoms with Crippen LogP contribution in [0.25, 0.3) is 0 Å². The van der Waals surface area contributed by atoms with Gasteiger partial charge in [-0.25, -0.2) is 4.99 Å². The van der Waals surface area contributed by atoms with Crippen molar-refractivity contribution < 1.29 is 14.3 Å². The number of methoxy groups -OCH3 is 1. The molecule has 3 aromatic rings. The molecule has 1 aliphatic rings. The molecule has 1 aliphatic heterocycles. The number of nitrogens with zero attached hydrogens (tertiary/aromatic N) is 2. The van der Waals surface area contributed by atoms with Gasteiger partial charge in [0, 0.05) is 16.5 Å². The summed E-state index contributed by atoms with van der Waals surface area (Å²) >= 11 is 13.4. The lowest BCUT2D eigenvalue weighted by molar-refractivity contribution is -0.129. The molecule has 1 atom stereocenters. The van der Waals surface area contributed by atoms with Crippen LogP contribution in [0.5, 0.6) is 5.75 Å². The predicted molar refractivity (Wildman–Crippen MR) is 138 cm³/mol. The van der Waals surface area contributed by atoms with E-state index in [1.54, 1.807) is 59.5 Å². The molecule has 1 heterocycles. The Bertz CT molecular complexity index is 1230. The standard InChI is InChI=1S/C25H21Cl2N3O3S/c1-33-21-8-3-2-7-20(21)29-24(32)22-14-23(31)30(15-16-9-11-17(26)12-10-16)25(34-22)28-19-6-4-5-18(27)13-19/h2-13,22H,14-15H2,1H3,(H,29,32). The molecular weight excluding hydrogens is 493 g/mol. The number of ether oxygens (including phenoxy) is 1. The third-order valence-corrected chi connectivity index (χ3v) is 6.76. The Hall–Kier alpha value is -3.00. The number of nitrogens with one attached hydrogen (secondary N) is 1. The van der Waals surface area contributed by atoms with Crippen LogP contribution in [0.1, 0.15) is 12.0 Å². The molecule has 6 nitrogen and oxygen atoms in total. The molecule has 34 heavy (non-hydrogen) atoms. The Labute approximate surface area is 211 Å². The van der Waals surface area contributed by atoms with Gasteiger partial charge in [0.2, 0.25) is 11.8 Å². The summed E-state index contributed by atoms with van der Waals surface area (Å²) in [7, 11) is 1.54. The highest BCUT2D eigenvalue weighted by Crippen LogP contribution is 2.32. The van der Waals surface area contributed by atoms with Gasteiger partial charge in [0.05, 0.1) is 25.0 Å². The predicted octanol–water partition coefficient (Wildman–Crippen LogP) is 6.16. The summed E-state index contributed by atoms with van der Waals surface area (Å²) < 4.78 is 5.32. The monoisotopic (exact) mass is 513 g/mol. The third-order valence-electron chi connectivity index (χ3n) is 5.08. The zero-order valence-electron chi connectivity index (χ0n) is 18.2. The average Bonchev–Trinajstić information content (AvgIpc) is 2.82. The third kappa shape index (κ3) is 5.91. The Balaban J connectivity index is 1.61. The lowest BCUT2D eigenvalue weighted by atomic mass is 10.2. The fraction of sp³-hybridized carbons (Fsp3) is 0.160. The minimum Gasteiger partial charge on any atom is -0.495 e. The maximum absolute atomic E-state index is 13.2. The van der Waals surface area contributed by atoms with Crippen LogP contribution in [0.2, 0.25) is 10.0 Å². The van der Waals surface area contributed by atoms with Gasteiger partial charge in [-0.2, -0.15) is 0 Å². The molecule has 0 spiro atoms. The molecule has 9 heteroatoms. The van der Waals surface area contributed by atoms with E-state index in [0.29, 0.717) is 38.9 Å². The molecule has 0 radical (unpaired) electrons. The maximum atomic E-state index is 13.2. The number of thioether (sulfide) groups is 1. The van der Waals surface area contributed by atoms with E-state index in [9.17, 15) is 9.59 Å². The van der Waals surface area contributed by atoms with Crippen LogP contribution in [0.3, 0.4) is 0 Å². The van der Waals surface area contributed by atoms with Crippen LogP contribution < -0.4 is 10.1 Å². The molecule has 3 aromatic carbocycles. The van der Waals surface area contributed by atoms with Crippen LogP contribution in [-0.4, -0.2) is 34.2 Å². The molecule has 0 bridgehead atoms. The zero-order chi connectivity index (χ0) is 24.1.